The number of carbonyl (C=O) groups excluding carboxylic acids is 4. The number of ketones is 1. The smallest absolute Gasteiger partial charge is 0.243 e. The molecule has 0 bridgehead atoms. The van der Waals surface area contributed by atoms with Crippen LogP contribution in [0.15, 0.2) is 0 Å². The van der Waals surface area contributed by atoms with E-state index in [0.29, 0.717) is 19.4 Å². The first kappa shape index (κ1) is 28.0. The van der Waals surface area contributed by atoms with Gasteiger partial charge in [0.2, 0.25) is 17.7 Å². The minimum absolute atomic E-state index is 0.0614. The average Bonchev–Trinajstić information content (AvgIpc) is 2.64. The van der Waals surface area contributed by atoms with Crippen molar-refractivity contribution in [3.63, 3.8) is 0 Å². The van der Waals surface area contributed by atoms with E-state index in [1.54, 1.807) is 7.05 Å². The molecule has 0 radical (unpaired) electrons. The zero-order valence-corrected chi connectivity index (χ0v) is 19.3. The third-order valence-electron chi connectivity index (χ3n) is 4.80. The number of rotatable bonds is 15. The first-order valence-electron chi connectivity index (χ1n) is 10.8. The molecule has 0 saturated carbocycles. The summed E-state index contributed by atoms with van der Waals surface area (Å²) in [4.78, 5) is 49.1. The highest BCUT2D eigenvalue weighted by Gasteiger charge is 2.27. The van der Waals surface area contributed by atoms with E-state index in [0.717, 1.165) is 12.8 Å². The van der Waals surface area contributed by atoms with Crippen molar-refractivity contribution in [2.24, 2.45) is 17.6 Å². The second-order valence-electron chi connectivity index (χ2n) is 8.43. The van der Waals surface area contributed by atoms with Gasteiger partial charge in [-0.25, -0.2) is 0 Å². The van der Waals surface area contributed by atoms with Crippen LogP contribution >= 0.6 is 0 Å². The van der Waals surface area contributed by atoms with Crippen LogP contribution in [0, 0.1) is 11.8 Å². The summed E-state index contributed by atoms with van der Waals surface area (Å²) in [6, 6.07) is -1.75. The predicted molar refractivity (Wildman–Crippen MR) is 118 cm³/mol. The van der Waals surface area contributed by atoms with Gasteiger partial charge in [-0.05, 0) is 58.0 Å². The number of hydrogen-bond acceptors (Lipinski definition) is 6. The Bertz CT molecular complexity index is 566. The van der Waals surface area contributed by atoms with Gasteiger partial charge in [-0.2, -0.15) is 0 Å². The van der Waals surface area contributed by atoms with Crippen LogP contribution in [0.2, 0.25) is 0 Å². The number of unbranched alkanes of at least 4 members (excludes halogenated alkanes) is 1. The summed E-state index contributed by atoms with van der Waals surface area (Å²) < 4.78 is 0. The van der Waals surface area contributed by atoms with Crippen molar-refractivity contribution in [3.05, 3.63) is 0 Å². The maximum absolute atomic E-state index is 12.6. The van der Waals surface area contributed by atoms with Gasteiger partial charge in [-0.3, -0.25) is 19.2 Å². The lowest BCUT2D eigenvalue weighted by molar-refractivity contribution is -0.132. The molecular formula is C21H41N5O4. The Labute approximate surface area is 180 Å². The predicted octanol–water partition coefficient (Wildman–Crippen LogP) is 0.0803. The normalized spacial score (nSPS) is 14.2. The number of likely N-dealkylation sites (N-methyl/N-ethyl adjacent to an activating group) is 1. The molecular weight excluding hydrogens is 386 g/mol. The van der Waals surface area contributed by atoms with Crippen molar-refractivity contribution >= 4 is 23.5 Å². The van der Waals surface area contributed by atoms with Gasteiger partial charge in [-0.15, -0.1) is 0 Å². The quantitative estimate of drug-likeness (QED) is 0.234. The zero-order chi connectivity index (χ0) is 23.3. The van der Waals surface area contributed by atoms with Crippen LogP contribution in [-0.4, -0.2) is 61.8 Å². The minimum Gasteiger partial charge on any atom is -0.345 e. The summed E-state index contributed by atoms with van der Waals surface area (Å²) in [6.45, 7) is 9.44. The first-order valence-corrected chi connectivity index (χ1v) is 10.8. The van der Waals surface area contributed by atoms with Gasteiger partial charge in [0.05, 0.1) is 18.6 Å². The number of carbonyl (C=O) groups is 4. The van der Waals surface area contributed by atoms with E-state index < -0.39 is 29.9 Å². The molecule has 0 aliphatic carbocycles. The van der Waals surface area contributed by atoms with Crippen LogP contribution in [0.4, 0.5) is 0 Å². The van der Waals surface area contributed by atoms with E-state index in [1.165, 1.54) is 6.92 Å². The Balaban J connectivity index is 4.85. The first-order chi connectivity index (χ1) is 14.0. The molecule has 0 aliphatic heterocycles. The summed E-state index contributed by atoms with van der Waals surface area (Å²) in [5, 5.41) is 11.0. The van der Waals surface area contributed by atoms with Crippen molar-refractivity contribution in [2.75, 3.05) is 20.1 Å². The lowest BCUT2D eigenvalue weighted by atomic mass is 10.00. The topological polar surface area (TPSA) is 142 Å². The van der Waals surface area contributed by atoms with Crippen molar-refractivity contribution in [2.45, 2.75) is 78.4 Å². The van der Waals surface area contributed by atoms with E-state index in [9.17, 15) is 19.2 Å². The van der Waals surface area contributed by atoms with Crippen LogP contribution in [-0.2, 0) is 19.2 Å². The monoisotopic (exact) mass is 427 g/mol. The molecule has 0 fully saturated rings. The number of nitrogens with one attached hydrogen (secondary N) is 4. The van der Waals surface area contributed by atoms with Gasteiger partial charge in [0, 0.05) is 0 Å². The molecule has 3 unspecified atom stereocenters. The van der Waals surface area contributed by atoms with Crippen molar-refractivity contribution < 1.29 is 19.2 Å². The molecule has 6 N–H and O–H groups in total. The molecule has 174 valence electrons. The maximum Gasteiger partial charge on any atom is 0.243 e. The van der Waals surface area contributed by atoms with Gasteiger partial charge in [0.1, 0.15) is 6.04 Å². The molecule has 0 aromatic carbocycles. The van der Waals surface area contributed by atoms with E-state index in [2.05, 4.69) is 21.3 Å². The maximum atomic E-state index is 12.6. The van der Waals surface area contributed by atoms with Gasteiger partial charge < -0.3 is 27.0 Å². The van der Waals surface area contributed by atoms with Crippen LogP contribution in [0.5, 0.6) is 0 Å². The van der Waals surface area contributed by atoms with Gasteiger partial charge >= 0.3 is 0 Å². The number of hydrogen-bond donors (Lipinski definition) is 5. The molecule has 3 atom stereocenters. The second-order valence-corrected chi connectivity index (χ2v) is 8.43. The summed E-state index contributed by atoms with van der Waals surface area (Å²) in [7, 11) is 1.70. The van der Waals surface area contributed by atoms with Crippen molar-refractivity contribution in [3.8, 4) is 0 Å². The standard InChI is InChI=1S/C21H41N5O4/c1-13(2)11-17(26-21(30)19(23-6)14(3)4)20(29)24-12-18(28)25-16(15(5)27)9-7-8-10-22/h13-14,16-17,19,23H,7-12,22H2,1-6H3,(H,24,29)(H,25,28)(H,26,30). The second kappa shape index (κ2) is 14.9. The number of Topliss-reactive ketones (excluding diaryl/α,β-unsaturated/α-hetero) is 1. The minimum atomic E-state index is -0.743. The molecule has 0 rings (SSSR count). The fourth-order valence-corrected chi connectivity index (χ4v) is 3.14. The highest BCUT2D eigenvalue weighted by Crippen LogP contribution is 2.08. The summed E-state index contributed by atoms with van der Waals surface area (Å²) in [5.74, 6) is -1.02. The molecule has 3 amide bonds. The van der Waals surface area contributed by atoms with E-state index in [-0.39, 0.29) is 30.1 Å². The van der Waals surface area contributed by atoms with Crippen LogP contribution in [0.3, 0.4) is 0 Å². The molecule has 0 heterocycles. The Morgan fingerprint density at radius 2 is 1.53 bits per heavy atom. The van der Waals surface area contributed by atoms with Gasteiger partial charge in [0.25, 0.3) is 0 Å². The third kappa shape index (κ3) is 11.3. The Kier molecular flexibility index (Phi) is 13.9. The molecule has 0 saturated heterocycles. The molecule has 0 aliphatic rings. The van der Waals surface area contributed by atoms with Crippen molar-refractivity contribution in [1.82, 2.24) is 21.3 Å². The van der Waals surface area contributed by atoms with Gasteiger partial charge in [0.15, 0.2) is 5.78 Å². The Hall–Kier alpha value is -2.00. The van der Waals surface area contributed by atoms with E-state index in [1.807, 2.05) is 27.7 Å². The molecule has 30 heavy (non-hydrogen) atoms. The summed E-state index contributed by atoms with van der Waals surface area (Å²) in [6.07, 6.45) is 2.47. The van der Waals surface area contributed by atoms with Crippen LogP contribution in [0.25, 0.3) is 0 Å². The van der Waals surface area contributed by atoms with Crippen LogP contribution in [0.1, 0.15) is 60.3 Å². The molecule has 0 spiro atoms. The Morgan fingerprint density at radius 1 is 0.900 bits per heavy atom. The molecule has 9 nitrogen and oxygen atoms in total. The fourth-order valence-electron chi connectivity index (χ4n) is 3.14. The average molecular weight is 428 g/mol. The lowest BCUT2D eigenvalue weighted by Crippen LogP contribution is -2.55. The SMILES string of the molecule is CNC(C(=O)NC(CC(C)C)C(=O)NCC(=O)NC(CCCCN)C(C)=O)C(C)C. The number of amides is 3. The molecule has 9 heteroatoms. The van der Waals surface area contributed by atoms with E-state index in [4.69, 9.17) is 5.73 Å². The molecule has 0 aromatic heterocycles. The summed E-state index contributed by atoms with van der Waals surface area (Å²) in [5.41, 5.74) is 5.46. The third-order valence-corrected chi connectivity index (χ3v) is 4.80. The largest absolute Gasteiger partial charge is 0.345 e. The van der Waals surface area contributed by atoms with Gasteiger partial charge in [-0.1, -0.05) is 27.7 Å². The number of nitrogens with two attached hydrogens (primary N) is 1. The highest BCUT2D eigenvalue weighted by atomic mass is 16.2. The summed E-state index contributed by atoms with van der Waals surface area (Å²) >= 11 is 0. The lowest BCUT2D eigenvalue weighted by Gasteiger charge is -2.25. The van der Waals surface area contributed by atoms with Crippen LogP contribution < -0.4 is 27.0 Å². The fraction of sp³-hybridized carbons (Fsp3) is 0.810. The van der Waals surface area contributed by atoms with E-state index >= 15 is 0 Å². The highest BCUT2D eigenvalue weighted by molar-refractivity contribution is 5.93. The zero-order valence-electron chi connectivity index (χ0n) is 19.3. The van der Waals surface area contributed by atoms with Crippen molar-refractivity contribution in [1.29, 1.82) is 0 Å². The molecule has 0 aromatic rings. The Morgan fingerprint density at radius 3 is 2.00 bits per heavy atom.